The van der Waals surface area contributed by atoms with Gasteiger partial charge < -0.3 is 5.32 Å². The maximum absolute atomic E-state index is 12.4. The Bertz CT molecular complexity index is 1030. The van der Waals surface area contributed by atoms with Crippen LogP contribution >= 0.6 is 58.2 Å². The second-order valence-electron chi connectivity index (χ2n) is 5.77. The minimum Gasteiger partial charge on any atom is -0.323 e. The average Bonchev–Trinajstić information content (AvgIpc) is 3.12. The van der Waals surface area contributed by atoms with Crippen LogP contribution in [0.5, 0.6) is 0 Å². The van der Waals surface area contributed by atoms with Crippen molar-refractivity contribution in [3.63, 3.8) is 0 Å². The van der Waals surface area contributed by atoms with Gasteiger partial charge in [-0.3, -0.25) is 4.79 Å². The highest BCUT2D eigenvalue weighted by Crippen LogP contribution is 2.41. The van der Waals surface area contributed by atoms with Crippen LogP contribution in [0.25, 0.3) is 5.69 Å². The molecule has 0 aliphatic rings. The number of aromatic nitrogens is 4. The number of rotatable bonds is 5. The lowest BCUT2D eigenvalue weighted by Crippen LogP contribution is -2.15. The molecule has 2 aromatic carbocycles. The number of benzene rings is 2. The molecule has 0 bridgehead atoms. The van der Waals surface area contributed by atoms with Gasteiger partial charge in [0.05, 0.1) is 37.2 Å². The first-order chi connectivity index (χ1) is 13.3. The number of anilines is 1. The number of thioether (sulfide) groups is 1. The van der Waals surface area contributed by atoms with Gasteiger partial charge in [0.1, 0.15) is 0 Å². The van der Waals surface area contributed by atoms with Crippen molar-refractivity contribution in [3.8, 4) is 5.69 Å². The number of carbonyl (C=O) groups is 1. The van der Waals surface area contributed by atoms with E-state index in [4.69, 9.17) is 46.4 Å². The van der Waals surface area contributed by atoms with E-state index >= 15 is 0 Å². The molecule has 0 aliphatic carbocycles. The number of hydrogen-bond donors (Lipinski definition) is 1. The van der Waals surface area contributed by atoms with Crippen molar-refractivity contribution in [2.75, 3.05) is 11.1 Å². The molecule has 3 rings (SSSR count). The van der Waals surface area contributed by atoms with Gasteiger partial charge in [-0.2, -0.15) is 4.68 Å². The van der Waals surface area contributed by atoms with Crippen LogP contribution in [0.2, 0.25) is 20.1 Å². The molecular weight excluding hydrogens is 464 g/mol. The van der Waals surface area contributed by atoms with Crippen molar-refractivity contribution < 1.29 is 4.79 Å². The predicted molar refractivity (Wildman–Crippen MR) is 114 cm³/mol. The summed E-state index contributed by atoms with van der Waals surface area (Å²) in [4.78, 5) is 12.4. The maximum atomic E-state index is 12.4. The first-order valence-electron chi connectivity index (χ1n) is 7.90. The van der Waals surface area contributed by atoms with Gasteiger partial charge in [0.15, 0.2) is 0 Å². The Labute approximate surface area is 185 Å². The lowest BCUT2D eigenvalue weighted by Gasteiger charge is -2.12. The van der Waals surface area contributed by atoms with E-state index in [0.29, 0.717) is 5.16 Å². The largest absolute Gasteiger partial charge is 0.323 e. The van der Waals surface area contributed by atoms with Gasteiger partial charge in [0.25, 0.3) is 0 Å². The second-order valence-corrected chi connectivity index (χ2v) is 8.29. The number of nitrogens with one attached hydrogen (secondary N) is 1. The van der Waals surface area contributed by atoms with Crippen LogP contribution in [0.15, 0.2) is 29.4 Å². The fraction of sp³-hybridized carbons (Fsp3) is 0.176. The Morgan fingerprint density at radius 3 is 2.50 bits per heavy atom. The second kappa shape index (κ2) is 8.88. The average molecular weight is 477 g/mol. The van der Waals surface area contributed by atoms with Crippen molar-refractivity contribution >= 4 is 69.8 Å². The molecule has 1 N–H and O–H groups in total. The number of halogens is 4. The molecule has 0 radical (unpaired) electrons. The van der Waals surface area contributed by atoms with Crippen LogP contribution < -0.4 is 5.32 Å². The van der Waals surface area contributed by atoms with Gasteiger partial charge in [-0.1, -0.05) is 70.3 Å². The fourth-order valence-corrected chi connectivity index (χ4v) is 3.96. The Morgan fingerprint density at radius 1 is 1.14 bits per heavy atom. The molecule has 11 heteroatoms. The van der Waals surface area contributed by atoms with Gasteiger partial charge >= 0.3 is 0 Å². The van der Waals surface area contributed by atoms with E-state index in [2.05, 4.69) is 20.8 Å². The van der Waals surface area contributed by atoms with E-state index < -0.39 is 0 Å². The molecule has 0 unspecified atom stereocenters. The maximum Gasteiger partial charge on any atom is 0.234 e. The molecule has 28 heavy (non-hydrogen) atoms. The number of tetrazole rings is 1. The molecule has 146 valence electrons. The molecule has 0 atom stereocenters. The number of hydrogen-bond acceptors (Lipinski definition) is 5. The van der Waals surface area contributed by atoms with Crippen LogP contribution in [-0.4, -0.2) is 31.9 Å². The Balaban J connectivity index is 1.76. The Kier molecular flexibility index (Phi) is 6.73. The molecule has 0 saturated carbocycles. The van der Waals surface area contributed by atoms with Crippen LogP contribution in [-0.2, 0) is 4.79 Å². The standard InChI is InChI=1S/C17H13Cl4N5OS/c1-8-4-3-5-12(9(8)2)26-17(23-24-25-26)28-7-13(27)22-16-14(20)10(18)6-11(19)15(16)21/h3-6H,7H2,1-2H3,(H,22,27). The molecule has 6 nitrogen and oxygen atoms in total. The Morgan fingerprint density at radius 2 is 1.82 bits per heavy atom. The highest BCUT2D eigenvalue weighted by atomic mass is 35.5. The summed E-state index contributed by atoms with van der Waals surface area (Å²) in [6.45, 7) is 3.99. The highest BCUT2D eigenvalue weighted by Gasteiger charge is 2.18. The summed E-state index contributed by atoms with van der Waals surface area (Å²) in [5, 5.41) is 15.5. The van der Waals surface area contributed by atoms with Crippen LogP contribution in [0.3, 0.4) is 0 Å². The van der Waals surface area contributed by atoms with Crippen molar-refractivity contribution in [2.24, 2.45) is 0 Å². The Hall–Kier alpha value is -1.51. The zero-order valence-corrected chi connectivity index (χ0v) is 18.5. The van der Waals surface area contributed by atoms with E-state index in [-0.39, 0.29) is 37.4 Å². The molecule has 1 amide bonds. The molecule has 1 aromatic heterocycles. The zero-order valence-electron chi connectivity index (χ0n) is 14.6. The monoisotopic (exact) mass is 475 g/mol. The topological polar surface area (TPSA) is 72.7 Å². The SMILES string of the molecule is Cc1cccc(-n2nnnc2SCC(=O)Nc2c(Cl)c(Cl)cc(Cl)c2Cl)c1C. The third-order valence-electron chi connectivity index (χ3n) is 3.95. The normalized spacial score (nSPS) is 10.9. The van der Waals surface area contributed by atoms with Gasteiger partial charge in [-0.05, 0) is 47.5 Å². The first-order valence-corrected chi connectivity index (χ1v) is 10.4. The molecule has 1 heterocycles. The van der Waals surface area contributed by atoms with E-state index in [0.717, 1.165) is 16.8 Å². The van der Waals surface area contributed by atoms with E-state index in [1.54, 1.807) is 4.68 Å². The smallest absolute Gasteiger partial charge is 0.234 e. The molecule has 0 fully saturated rings. The lowest BCUT2D eigenvalue weighted by molar-refractivity contribution is -0.113. The van der Waals surface area contributed by atoms with Crippen molar-refractivity contribution in [1.29, 1.82) is 0 Å². The van der Waals surface area contributed by atoms with E-state index in [1.807, 2.05) is 32.0 Å². The summed E-state index contributed by atoms with van der Waals surface area (Å²) in [5.74, 6) is -0.329. The summed E-state index contributed by atoms with van der Waals surface area (Å²) in [7, 11) is 0. The zero-order chi connectivity index (χ0) is 20.4. The van der Waals surface area contributed by atoms with E-state index in [1.165, 1.54) is 17.8 Å². The summed E-state index contributed by atoms with van der Waals surface area (Å²) in [6.07, 6.45) is 0. The van der Waals surface area contributed by atoms with Gasteiger partial charge in [0, 0.05) is 0 Å². The molecule has 3 aromatic rings. The van der Waals surface area contributed by atoms with Crippen LogP contribution in [0.4, 0.5) is 5.69 Å². The fourth-order valence-electron chi connectivity index (χ4n) is 2.37. The lowest BCUT2D eigenvalue weighted by atomic mass is 10.1. The first kappa shape index (κ1) is 21.2. The minimum absolute atomic E-state index is 0.0298. The van der Waals surface area contributed by atoms with Crippen molar-refractivity contribution in [1.82, 2.24) is 20.2 Å². The number of nitrogens with zero attached hydrogens (tertiary/aromatic N) is 4. The molecular formula is C17H13Cl4N5OS. The predicted octanol–water partition coefficient (Wildman–Crippen LogP) is 5.62. The van der Waals surface area contributed by atoms with Crippen LogP contribution in [0.1, 0.15) is 11.1 Å². The third kappa shape index (κ3) is 4.39. The van der Waals surface area contributed by atoms with Gasteiger partial charge in [-0.25, -0.2) is 0 Å². The molecule has 0 aliphatic heterocycles. The quantitative estimate of drug-likeness (QED) is 0.382. The molecule has 0 spiro atoms. The summed E-state index contributed by atoms with van der Waals surface area (Å²) in [6, 6.07) is 7.26. The van der Waals surface area contributed by atoms with Gasteiger partial charge in [0.2, 0.25) is 11.1 Å². The highest BCUT2D eigenvalue weighted by molar-refractivity contribution is 7.99. The summed E-state index contributed by atoms with van der Waals surface area (Å²) >= 11 is 25.4. The number of carbonyl (C=O) groups excluding carboxylic acids is 1. The number of aryl methyl sites for hydroxylation is 1. The summed E-state index contributed by atoms with van der Waals surface area (Å²) < 4.78 is 1.59. The van der Waals surface area contributed by atoms with Crippen LogP contribution in [0, 0.1) is 13.8 Å². The third-order valence-corrected chi connectivity index (χ3v) is 6.45. The van der Waals surface area contributed by atoms with Crippen molar-refractivity contribution in [2.45, 2.75) is 19.0 Å². The molecule has 0 saturated heterocycles. The van der Waals surface area contributed by atoms with Gasteiger partial charge in [-0.15, -0.1) is 5.10 Å². The number of amides is 1. The van der Waals surface area contributed by atoms with E-state index in [9.17, 15) is 4.79 Å². The summed E-state index contributed by atoms with van der Waals surface area (Å²) in [5.41, 5.74) is 3.18. The minimum atomic E-state index is -0.359. The van der Waals surface area contributed by atoms with Crippen molar-refractivity contribution in [3.05, 3.63) is 55.5 Å².